The van der Waals surface area contributed by atoms with Crippen molar-refractivity contribution in [1.29, 1.82) is 0 Å². The maximum absolute atomic E-state index is 12.7. The van der Waals surface area contributed by atoms with E-state index in [4.69, 9.17) is 18.5 Å². The Morgan fingerprint density at radius 2 is 0.948 bits per heavy atom. The van der Waals surface area contributed by atoms with E-state index in [1.165, 1.54) is 167 Å². The number of nitrogens with zero attached hydrogens (tertiary/aromatic N) is 1. The Hall–Kier alpha value is -1.02. The minimum absolute atomic E-state index is 0.0280. The van der Waals surface area contributed by atoms with Crippen molar-refractivity contribution in [3.8, 4) is 0 Å². The Labute approximate surface area is 360 Å². The van der Waals surface area contributed by atoms with E-state index in [2.05, 4.69) is 38.2 Å². The number of likely N-dealkylation sites (N-methyl/N-ethyl adjacent to an activating group) is 1. The zero-order valence-electron chi connectivity index (χ0n) is 39.0. The molecule has 8 nitrogen and oxygen atoms in total. The van der Waals surface area contributed by atoms with Crippen LogP contribution in [0.5, 0.6) is 0 Å². The number of rotatable bonds is 46. The smallest absolute Gasteiger partial charge is 0.306 e. The second-order valence-electron chi connectivity index (χ2n) is 17.8. The van der Waals surface area contributed by atoms with Crippen LogP contribution < -0.4 is 4.89 Å². The zero-order chi connectivity index (χ0) is 42.7. The van der Waals surface area contributed by atoms with Gasteiger partial charge in [0.15, 0.2) is 0 Å². The van der Waals surface area contributed by atoms with E-state index in [1.807, 2.05) is 21.1 Å². The molecule has 0 spiro atoms. The molecule has 0 heterocycles. The van der Waals surface area contributed by atoms with Crippen LogP contribution in [0.2, 0.25) is 0 Å². The van der Waals surface area contributed by atoms with Crippen molar-refractivity contribution in [2.75, 3.05) is 54.1 Å². The molecule has 0 N–H and O–H groups in total. The molecule has 0 saturated heterocycles. The number of phosphoric ester groups is 1. The molecular formula is C49H96NO7P. The number of hydrogen-bond acceptors (Lipinski definition) is 7. The lowest BCUT2D eigenvalue weighted by atomic mass is 10.0. The van der Waals surface area contributed by atoms with E-state index in [9.17, 15) is 14.3 Å². The second-order valence-corrected chi connectivity index (χ2v) is 19.2. The topological polar surface area (TPSA) is 94.1 Å². The molecule has 9 heteroatoms. The Balaban J connectivity index is 4.10. The summed E-state index contributed by atoms with van der Waals surface area (Å²) in [4.78, 5) is 25.1. The Morgan fingerprint density at radius 3 is 1.40 bits per heavy atom. The van der Waals surface area contributed by atoms with Gasteiger partial charge in [-0.05, 0) is 44.9 Å². The molecular weight excluding hydrogens is 746 g/mol. The summed E-state index contributed by atoms with van der Waals surface area (Å²) in [5.41, 5.74) is 0. The number of carbonyl (C=O) groups is 1. The van der Waals surface area contributed by atoms with Gasteiger partial charge in [-0.25, -0.2) is 0 Å². The molecule has 0 aliphatic heterocycles. The molecule has 0 bridgehead atoms. The number of allylic oxidation sites excluding steroid dienone is 4. The summed E-state index contributed by atoms with van der Waals surface area (Å²) in [6.45, 7) is 5.44. The minimum atomic E-state index is -4.52. The van der Waals surface area contributed by atoms with E-state index >= 15 is 0 Å². The molecule has 58 heavy (non-hydrogen) atoms. The highest BCUT2D eigenvalue weighted by molar-refractivity contribution is 7.45. The van der Waals surface area contributed by atoms with Gasteiger partial charge in [0.2, 0.25) is 0 Å². The van der Waals surface area contributed by atoms with Crippen molar-refractivity contribution in [1.82, 2.24) is 0 Å². The standard InChI is InChI=1S/C49H96NO7P/c1-6-8-10-12-14-16-18-20-21-22-23-24-25-26-27-28-29-30-32-34-36-38-40-42-49(51)57-48(47-56-58(52,53)55-45-43-50(3,4)5)46-54-44-41-39-37-35-33-31-19-17-15-13-11-9-7-2/h18,20,22-23,48H,6-17,19,21,24-47H2,1-5H3/b20-18-,23-22-. The van der Waals surface area contributed by atoms with Crippen LogP contribution in [0.4, 0.5) is 0 Å². The van der Waals surface area contributed by atoms with Gasteiger partial charge in [-0.1, -0.05) is 199 Å². The number of unbranched alkanes of at least 4 members (excludes halogenated alkanes) is 28. The van der Waals surface area contributed by atoms with Gasteiger partial charge in [0.1, 0.15) is 19.3 Å². The zero-order valence-corrected chi connectivity index (χ0v) is 39.9. The molecule has 2 atom stereocenters. The number of ether oxygens (including phenoxy) is 2. The van der Waals surface area contributed by atoms with E-state index in [1.54, 1.807) is 0 Å². The maximum Gasteiger partial charge on any atom is 0.306 e. The van der Waals surface area contributed by atoms with E-state index < -0.39 is 13.9 Å². The third-order valence-electron chi connectivity index (χ3n) is 10.8. The second kappa shape index (κ2) is 42.7. The lowest BCUT2D eigenvalue weighted by molar-refractivity contribution is -0.870. The van der Waals surface area contributed by atoms with Gasteiger partial charge in [0.05, 0.1) is 34.4 Å². The number of quaternary nitrogens is 1. The fourth-order valence-corrected chi connectivity index (χ4v) is 7.66. The average Bonchev–Trinajstić information content (AvgIpc) is 3.18. The fraction of sp³-hybridized carbons (Fsp3) is 0.898. The first-order valence-corrected chi connectivity index (χ1v) is 26.0. The van der Waals surface area contributed by atoms with Gasteiger partial charge >= 0.3 is 5.97 Å². The first kappa shape index (κ1) is 57.0. The summed E-state index contributed by atoms with van der Waals surface area (Å²) in [6, 6.07) is 0. The summed E-state index contributed by atoms with van der Waals surface area (Å²) >= 11 is 0. The first-order valence-electron chi connectivity index (χ1n) is 24.6. The Kier molecular flexibility index (Phi) is 41.9. The van der Waals surface area contributed by atoms with Crippen molar-refractivity contribution >= 4 is 13.8 Å². The number of carbonyl (C=O) groups excluding carboxylic acids is 1. The number of hydrogen-bond donors (Lipinski definition) is 0. The van der Waals surface area contributed by atoms with Crippen molar-refractivity contribution < 1.29 is 37.3 Å². The van der Waals surface area contributed by atoms with Gasteiger partial charge in [0.25, 0.3) is 7.82 Å². The lowest BCUT2D eigenvalue weighted by Gasteiger charge is -2.28. The van der Waals surface area contributed by atoms with Crippen molar-refractivity contribution in [2.45, 2.75) is 232 Å². The van der Waals surface area contributed by atoms with Crippen molar-refractivity contribution in [2.24, 2.45) is 0 Å². The monoisotopic (exact) mass is 842 g/mol. The quantitative estimate of drug-likeness (QED) is 0.0198. The predicted molar refractivity (Wildman–Crippen MR) is 245 cm³/mol. The van der Waals surface area contributed by atoms with E-state index in [0.29, 0.717) is 24.1 Å². The van der Waals surface area contributed by atoms with Crippen LogP contribution in [0, 0.1) is 0 Å². The molecule has 2 unspecified atom stereocenters. The largest absolute Gasteiger partial charge is 0.756 e. The van der Waals surface area contributed by atoms with Gasteiger partial charge in [-0.3, -0.25) is 9.36 Å². The summed E-state index contributed by atoms with van der Waals surface area (Å²) in [5, 5.41) is 0. The Morgan fingerprint density at radius 1 is 0.534 bits per heavy atom. The first-order chi connectivity index (χ1) is 28.1. The van der Waals surface area contributed by atoms with Crippen LogP contribution in [0.3, 0.4) is 0 Å². The molecule has 0 aromatic heterocycles. The molecule has 0 rings (SSSR count). The number of esters is 1. The molecule has 0 fully saturated rings. The molecule has 0 aliphatic rings. The summed E-state index contributed by atoms with van der Waals surface area (Å²) in [7, 11) is 1.36. The normalized spacial score (nSPS) is 13.8. The van der Waals surface area contributed by atoms with Crippen LogP contribution in [0.25, 0.3) is 0 Å². The number of phosphoric acid groups is 1. The summed E-state index contributed by atoms with van der Waals surface area (Å²) < 4.78 is 34.7. The Bertz CT molecular complexity index is 983. The van der Waals surface area contributed by atoms with Gasteiger partial charge in [-0.2, -0.15) is 0 Å². The molecule has 0 aliphatic carbocycles. The van der Waals surface area contributed by atoms with Crippen LogP contribution in [0.15, 0.2) is 24.3 Å². The minimum Gasteiger partial charge on any atom is -0.756 e. The van der Waals surface area contributed by atoms with Crippen LogP contribution in [-0.2, 0) is 27.9 Å². The SMILES string of the molecule is CCCCCCC/C=C\C/C=C\CCCCCCCCCCCCCC(=O)OC(COCCCCCCCCCCCCCCC)COP(=O)([O-])OCC[N+](C)(C)C. The molecule has 0 radical (unpaired) electrons. The highest BCUT2D eigenvalue weighted by atomic mass is 31.2. The summed E-state index contributed by atoms with van der Waals surface area (Å²) in [6.07, 6.45) is 49.1. The fourth-order valence-electron chi connectivity index (χ4n) is 6.93. The predicted octanol–water partition coefficient (Wildman–Crippen LogP) is 14.1. The maximum atomic E-state index is 12.7. The molecule has 0 amide bonds. The average molecular weight is 842 g/mol. The third-order valence-corrected chi connectivity index (χ3v) is 11.7. The van der Waals surface area contributed by atoms with E-state index in [0.717, 1.165) is 38.5 Å². The van der Waals surface area contributed by atoms with Gasteiger partial charge < -0.3 is 27.9 Å². The van der Waals surface area contributed by atoms with Crippen LogP contribution in [-0.4, -0.2) is 70.7 Å². The molecule has 0 aromatic carbocycles. The molecule has 0 saturated carbocycles. The lowest BCUT2D eigenvalue weighted by Crippen LogP contribution is -2.37. The molecule has 344 valence electrons. The van der Waals surface area contributed by atoms with Gasteiger partial charge in [0, 0.05) is 13.0 Å². The summed E-state index contributed by atoms with van der Waals surface area (Å²) in [5.74, 6) is -0.333. The highest BCUT2D eigenvalue weighted by Crippen LogP contribution is 2.38. The third kappa shape index (κ3) is 46.1. The van der Waals surface area contributed by atoms with Crippen LogP contribution >= 0.6 is 7.82 Å². The van der Waals surface area contributed by atoms with Crippen molar-refractivity contribution in [3.05, 3.63) is 24.3 Å². The van der Waals surface area contributed by atoms with Crippen LogP contribution in [0.1, 0.15) is 226 Å². The van der Waals surface area contributed by atoms with Crippen molar-refractivity contribution in [3.63, 3.8) is 0 Å². The molecule has 0 aromatic rings. The highest BCUT2D eigenvalue weighted by Gasteiger charge is 2.20. The van der Waals surface area contributed by atoms with Gasteiger partial charge in [-0.15, -0.1) is 0 Å². The van der Waals surface area contributed by atoms with E-state index in [-0.39, 0.29) is 25.8 Å².